The number of pyridine rings is 1. The first-order valence-corrected chi connectivity index (χ1v) is 11.4. The summed E-state index contributed by atoms with van der Waals surface area (Å²) in [5, 5.41) is 5.39. The second-order valence-corrected chi connectivity index (χ2v) is 8.47. The van der Waals surface area contributed by atoms with Gasteiger partial charge < -0.3 is 9.72 Å². The monoisotopic (exact) mass is 489 g/mol. The molecular weight excluding hydrogens is 474 g/mol. The van der Waals surface area contributed by atoms with Gasteiger partial charge in [0.15, 0.2) is 11.7 Å². The van der Waals surface area contributed by atoms with Crippen molar-refractivity contribution in [3.8, 4) is 22.6 Å². The highest BCUT2D eigenvalue weighted by atomic mass is 35.5. The van der Waals surface area contributed by atoms with Gasteiger partial charge >= 0.3 is 5.97 Å². The maximum Gasteiger partial charge on any atom is 0.338 e. The molecule has 3 heterocycles. The number of thiazole rings is 1. The van der Waals surface area contributed by atoms with E-state index >= 15 is 0 Å². The van der Waals surface area contributed by atoms with Gasteiger partial charge in [0.1, 0.15) is 5.82 Å². The first-order valence-electron chi connectivity index (χ1n) is 10.1. The number of halogens is 1. The van der Waals surface area contributed by atoms with E-state index in [9.17, 15) is 9.59 Å². The lowest BCUT2D eigenvalue weighted by atomic mass is 10.2. The van der Waals surface area contributed by atoms with E-state index in [0.717, 1.165) is 11.1 Å². The number of H-pyrrole nitrogens is 1. The summed E-state index contributed by atoms with van der Waals surface area (Å²) in [4.78, 5) is 40.9. The SMILES string of the molecule is O=C(COC(=O)c1ccc2nc(-c3cccnc3)[nH]c2c1)Nc1nc(-c2ccccc2Cl)cs1. The zero-order valence-electron chi connectivity index (χ0n) is 17.5. The molecule has 2 N–H and O–H groups in total. The quantitative estimate of drug-likeness (QED) is 0.317. The number of aromatic nitrogens is 4. The molecule has 0 atom stereocenters. The van der Waals surface area contributed by atoms with Crippen LogP contribution in [-0.4, -0.2) is 38.4 Å². The topological polar surface area (TPSA) is 110 Å². The van der Waals surface area contributed by atoms with Crippen molar-refractivity contribution < 1.29 is 14.3 Å². The summed E-state index contributed by atoms with van der Waals surface area (Å²) in [6.45, 7) is -0.443. The van der Waals surface area contributed by atoms with Crippen molar-refractivity contribution >= 4 is 51.0 Å². The van der Waals surface area contributed by atoms with Crippen molar-refractivity contribution in [1.29, 1.82) is 0 Å². The molecule has 0 aliphatic rings. The number of nitrogens with one attached hydrogen (secondary N) is 2. The molecule has 10 heteroatoms. The summed E-state index contributed by atoms with van der Waals surface area (Å²) in [6, 6.07) is 16.0. The van der Waals surface area contributed by atoms with Gasteiger partial charge in [0, 0.05) is 33.9 Å². The standard InChI is InChI=1S/C24H16ClN5O3S/c25-17-6-2-1-5-16(17)20-13-34-24(29-20)30-21(31)12-33-23(32)14-7-8-18-19(10-14)28-22(27-18)15-4-3-9-26-11-15/h1-11,13H,12H2,(H,27,28)(H,29,30,31). The highest BCUT2D eigenvalue weighted by Gasteiger charge is 2.15. The van der Waals surface area contributed by atoms with Gasteiger partial charge in [-0.05, 0) is 36.4 Å². The molecule has 1 amide bonds. The molecule has 3 aromatic heterocycles. The molecule has 0 fully saturated rings. The molecule has 0 saturated carbocycles. The Morgan fingerprint density at radius 2 is 1.97 bits per heavy atom. The normalized spacial score (nSPS) is 10.9. The Bertz CT molecular complexity index is 1500. The number of carbonyl (C=O) groups excluding carboxylic acids is 2. The molecule has 168 valence electrons. The average molecular weight is 490 g/mol. The molecule has 0 bridgehead atoms. The molecule has 0 aliphatic heterocycles. The van der Waals surface area contributed by atoms with E-state index in [1.807, 2.05) is 30.3 Å². The number of fused-ring (bicyclic) bond motifs is 1. The van der Waals surface area contributed by atoms with Crippen LogP contribution in [0.1, 0.15) is 10.4 Å². The highest BCUT2D eigenvalue weighted by Crippen LogP contribution is 2.30. The zero-order valence-corrected chi connectivity index (χ0v) is 19.1. The van der Waals surface area contributed by atoms with Crippen molar-refractivity contribution in [3.63, 3.8) is 0 Å². The number of hydrogen-bond acceptors (Lipinski definition) is 7. The largest absolute Gasteiger partial charge is 0.452 e. The summed E-state index contributed by atoms with van der Waals surface area (Å²) >= 11 is 7.45. The number of nitrogens with zero attached hydrogens (tertiary/aromatic N) is 3. The van der Waals surface area contributed by atoms with Gasteiger partial charge in [0.25, 0.3) is 5.91 Å². The fourth-order valence-corrected chi connectivity index (χ4v) is 4.23. The Labute approximate surface area is 202 Å². The Morgan fingerprint density at radius 1 is 1.09 bits per heavy atom. The van der Waals surface area contributed by atoms with E-state index in [2.05, 4.69) is 25.3 Å². The van der Waals surface area contributed by atoms with Crippen molar-refractivity contribution in [2.24, 2.45) is 0 Å². The van der Waals surface area contributed by atoms with Crippen LogP contribution >= 0.6 is 22.9 Å². The van der Waals surface area contributed by atoms with Crippen LogP contribution in [0.4, 0.5) is 5.13 Å². The first-order chi connectivity index (χ1) is 16.6. The number of imidazole rings is 1. The predicted octanol–water partition coefficient (Wildman–Crippen LogP) is 5.20. The molecule has 0 spiro atoms. The van der Waals surface area contributed by atoms with Crippen LogP contribution in [0.2, 0.25) is 5.02 Å². The van der Waals surface area contributed by atoms with Crippen molar-refractivity contribution in [2.75, 3.05) is 11.9 Å². The number of carbonyl (C=O) groups is 2. The molecule has 5 rings (SSSR count). The number of anilines is 1. The molecule has 2 aromatic carbocycles. The molecule has 5 aromatic rings. The smallest absolute Gasteiger partial charge is 0.338 e. The van der Waals surface area contributed by atoms with Gasteiger partial charge in [-0.25, -0.2) is 14.8 Å². The van der Waals surface area contributed by atoms with Crippen LogP contribution in [0.3, 0.4) is 0 Å². The summed E-state index contributed by atoms with van der Waals surface area (Å²) < 4.78 is 5.17. The van der Waals surface area contributed by atoms with E-state index in [0.29, 0.717) is 38.3 Å². The van der Waals surface area contributed by atoms with Crippen molar-refractivity contribution in [2.45, 2.75) is 0 Å². The minimum atomic E-state index is -0.620. The number of ether oxygens (including phenoxy) is 1. The summed E-state index contributed by atoms with van der Waals surface area (Å²) in [6.07, 6.45) is 3.38. The maximum atomic E-state index is 12.5. The third kappa shape index (κ3) is 4.66. The Kier molecular flexibility index (Phi) is 6.03. The van der Waals surface area contributed by atoms with E-state index in [-0.39, 0.29) is 0 Å². The third-order valence-electron chi connectivity index (χ3n) is 4.89. The van der Waals surface area contributed by atoms with Gasteiger partial charge in [-0.15, -0.1) is 11.3 Å². The van der Waals surface area contributed by atoms with Gasteiger partial charge in [-0.3, -0.25) is 15.1 Å². The lowest BCUT2D eigenvalue weighted by molar-refractivity contribution is -0.119. The fraction of sp³-hybridized carbons (Fsp3) is 0.0417. The van der Waals surface area contributed by atoms with Gasteiger partial charge in [-0.2, -0.15) is 0 Å². The molecule has 0 aliphatic carbocycles. The van der Waals surface area contributed by atoms with Crippen LogP contribution in [-0.2, 0) is 9.53 Å². The fourth-order valence-electron chi connectivity index (χ4n) is 3.27. The average Bonchev–Trinajstić information content (AvgIpc) is 3.50. The van der Waals surface area contributed by atoms with Crippen molar-refractivity contribution in [3.05, 3.63) is 83.0 Å². The number of esters is 1. The summed E-state index contributed by atoms with van der Waals surface area (Å²) in [7, 11) is 0. The van der Waals surface area contributed by atoms with Crippen molar-refractivity contribution in [1.82, 2.24) is 19.9 Å². The number of hydrogen-bond donors (Lipinski definition) is 2. The van der Waals surface area contributed by atoms with Gasteiger partial charge in [0.05, 0.1) is 22.3 Å². The number of benzene rings is 2. The molecule has 0 saturated heterocycles. The second kappa shape index (κ2) is 9.42. The minimum absolute atomic E-state index is 0.303. The minimum Gasteiger partial charge on any atom is -0.452 e. The van der Waals surface area contributed by atoms with Crippen LogP contribution in [0.5, 0.6) is 0 Å². The number of amides is 1. The molecule has 0 unspecified atom stereocenters. The third-order valence-corrected chi connectivity index (χ3v) is 5.97. The Hall–Kier alpha value is -4.08. The highest BCUT2D eigenvalue weighted by molar-refractivity contribution is 7.14. The zero-order chi connectivity index (χ0) is 23.5. The Morgan fingerprint density at radius 3 is 2.79 bits per heavy atom. The first kappa shape index (κ1) is 21.7. The number of aromatic amines is 1. The Balaban J connectivity index is 1.21. The van der Waals surface area contributed by atoms with E-state index in [1.165, 1.54) is 11.3 Å². The van der Waals surface area contributed by atoms with Gasteiger partial charge in [-0.1, -0.05) is 29.8 Å². The van der Waals surface area contributed by atoms with Crippen LogP contribution < -0.4 is 5.32 Å². The van der Waals surface area contributed by atoms with E-state index in [1.54, 1.807) is 42.0 Å². The lowest BCUT2D eigenvalue weighted by Crippen LogP contribution is -2.20. The maximum absolute atomic E-state index is 12.5. The summed E-state index contributed by atoms with van der Waals surface area (Å²) in [5.74, 6) is -0.465. The second-order valence-electron chi connectivity index (χ2n) is 7.20. The lowest BCUT2D eigenvalue weighted by Gasteiger charge is -2.05. The molecule has 0 radical (unpaired) electrons. The predicted molar refractivity (Wildman–Crippen MR) is 131 cm³/mol. The summed E-state index contributed by atoms with van der Waals surface area (Å²) in [5.41, 5.74) is 3.94. The van der Waals surface area contributed by atoms with Crippen LogP contribution in [0, 0.1) is 0 Å². The molecule has 8 nitrogen and oxygen atoms in total. The number of rotatable bonds is 6. The van der Waals surface area contributed by atoms with Gasteiger partial charge in [0.2, 0.25) is 0 Å². The van der Waals surface area contributed by atoms with E-state index < -0.39 is 18.5 Å². The van der Waals surface area contributed by atoms with Crippen LogP contribution in [0.25, 0.3) is 33.7 Å². The molecular formula is C24H16ClN5O3S. The molecule has 34 heavy (non-hydrogen) atoms. The van der Waals surface area contributed by atoms with E-state index in [4.69, 9.17) is 16.3 Å². The van der Waals surface area contributed by atoms with Crippen LogP contribution in [0.15, 0.2) is 72.4 Å².